The number of hydrogen-bond acceptors (Lipinski definition) is 4. The molecule has 1 rings (SSSR count). The van der Waals surface area contributed by atoms with Crippen LogP contribution in [0.25, 0.3) is 0 Å². The zero-order chi connectivity index (χ0) is 16.0. The number of nitrogens with two attached hydrogens (primary N) is 1. The van der Waals surface area contributed by atoms with Crippen molar-refractivity contribution < 1.29 is 14.3 Å². The number of halogens is 1. The highest BCUT2D eigenvalue weighted by Gasteiger charge is 2.20. The van der Waals surface area contributed by atoms with E-state index in [0.29, 0.717) is 10.8 Å². The van der Waals surface area contributed by atoms with E-state index in [0.717, 1.165) is 12.0 Å². The van der Waals surface area contributed by atoms with Gasteiger partial charge in [-0.3, -0.25) is 4.79 Å². The molecule has 5 heteroatoms. The molecule has 0 spiro atoms. The van der Waals surface area contributed by atoms with Crippen LogP contribution in [0.4, 0.5) is 0 Å². The van der Waals surface area contributed by atoms with Crippen LogP contribution in [-0.2, 0) is 16.0 Å². The van der Waals surface area contributed by atoms with Gasteiger partial charge in [0.1, 0.15) is 24.5 Å². The largest absolute Gasteiger partial charge is 0.486 e. The van der Waals surface area contributed by atoms with Gasteiger partial charge in [-0.15, -0.1) is 0 Å². The van der Waals surface area contributed by atoms with E-state index in [9.17, 15) is 4.79 Å². The maximum Gasteiger partial charge on any atom is 0.323 e. The average molecular weight is 314 g/mol. The first kappa shape index (κ1) is 17.8. The molecule has 0 aromatic heterocycles. The molecule has 0 saturated heterocycles. The van der Waals surface area contributed by atoms with Gasteiger partial charge in [-0.2, -0.15) is 0 Å². The van der Waals surface area contributed by atoms with Gasteiger partial charge in [-0.05, 0) is 37.0 Å². The summed E-state index contributed by atoms with van der Waals surface area (Å²) in [5.74, 6) is 0.242. The normalized spacial score (nSPS) is 13.9. The number of ether oxygens (including phenoxy) is 2. The Bertz CT molecular complexity index is 477. The summed E-state index contributed by atoms with van der Waals surface area (Å²) in [6.45, 7) is 7.78. The third-order valence-electron chi connectivity index (χ3n) is 3.18. The summed E-state index contributed by atoms with van der Waals surface area (Å²) in [7, 11) is 0. The molecule has 0 radical (unpaired) electrons. The smallest absolute Gasteiger partial charge is 0.323 e. The van der Waals surface area contributed by atoms with Crippen molar-refractivity contribution in [2.24, 2.45) is 11.7 Å². The third kappa shape index (κ3) is 5.56. The van der Waals surface area contributed by atoms with Gasteiger partial charge >= 0.3 is 5.97 Å². The lowest BCUT2D eigenvalue weighted by Crippen LogP contribution is -2.38. The Morgan fingerprint density at radius 1 is 1.33 bits per heavy atom. The number of carbonyl (C=O) groups excluding carboxylic acids is 1. The molecule has 0 aliphatic carbocycles. The van der Waals surface area contributed by atoms with Gasteiger partial charge in [0, 0.05) is 0 Å². The maximum atomic E-state index is 11.7. The Morgan fingerprint density at radius 2 is 2.00 bits per heavy atom. The molecule has 0 heterocycles. The van der Waals surface area contributed by atoms with E-state index in [1.807, 2.05) is 39.0 Å². The summed E-state index contributed by atoms with van der Waals surface area (Å²) >= 11 is 6.10. The first-order valence-corrected chi connectivity index (χ1v) is 7.60. The number of benzene rings is 1. The fraction of sp³-hybridized carbons (Fsp3) is 0.562. The molecule has 0 fully saturated rings. The molecule has 21 heavy (non-hydrogen) atoms. The average Bonchev–Trinajstić information content (AvgIpc) is 2.46. The molecular weight excluding hydrogens is 290 g/mol. The minimum absolute atomic E-state index is 0.0457. The van der Waals surface area contributed by atoms with Crippen LogP contribution in [0, 0.1) is 5.92 Å². The van der Waals surface area contributed by atoms with E-state index in [-0.39, 0.29) is 18.6 Å². The predicted octanol–water partition coefficient (Wildman–Crippen LogP) is 3.20. The lowest BCUT2D eigenvalue weighted by molar-refractivity contribution is -0.148. The van der Waals surface area contributed by atoms with Gasteiger partial charge in [0.2, 0.25) is 0 Å². The lowest BCUT2D eigenvalue weighted by Gasteiger charge is -2.19. The van der Waals surface area contributed by atoms with Crippen LogP contribution >= 0.6 is 11.6 Å². The van der Waals surface area contributed by atoms with E-state index in [1.54, 1.807) is 0 Å². The molecule has 118 valence electrons. The predicted molar refractivity (Wildman–Crippen MR) is 84.7 cm³/mol. The highest BCUT2D eigenvalue weighted by Crippen LogP contribution is 2.26. The molecule has 4 nitrogen and oxygen atoms in total. The standard InChI is InChI=1S/C16H24ClNO3/c1-5-12-6-7-13(17)14(8-12)21-11(4)9-20-16(19)15(18)10(2)3/h6-8,10-11,15H,5,9,18H2,1-4H3/t11-,15-/m0/s1. The van der Waals surface area contributed by atoms with Crippen molar-refractivity contribution in [2.75, 3.05) is 6.61 Å². The maximum absolute atomic E-state index is 11.7. The number of esters is 1. The SMILES string of the molecule is CCc1ccc(Cl)c(O[C@@H](C)COC(=O)[C@@H](N)C(C)C)c1. The first-order valence-electron chi connectivity index (χ1n) is 7.22. The van der Waals surface area contributed by atoms with E-state index < -0.39 is 12.0 Å². The molecule has 2 atom stereocenters. The van der Waals surface area contributed by atoms with E-state index >= 15 is 0 Å². The summed E-state index contributed by atoms with van der Waals surface area (Å²) in [6, 6.07) is 5.06. The molecular formula is C16H24ClNO3. The zero-order valence-corrected chi connectivity index (χ0v) is 13.8. The van der Waals surface area contributed by atoms with Crippen molar-refractivity contribution in [1.29, 1.82) is 0 Å². The number of aryl methyl sites for hydroxylation is 1. The Kier molecular flexibility index (Phi) is 6.99. The van der Waals surface area contributed by atoms with Crippen molar-refractivity contribution >= 4 is 17.6 Å². The summed E-state index contributed by atoms with van der Waals surface area (Å²) < 4.78 is 10.9. The van der Waals surface area contributed by atoms with Crippen molar-refractivity contribution in [2.45, 2.75) is 46.3 Å². The Hall–Kier alpha value is -1.26. The van der Waals surface area contributed by atoms with Crippen LogP contribution in [0.1, 0.15) is 33.3 Å². The fourth-order valence-electron chi connectivity index (χ4n) is 1.68. The molecule has 1 aromatic rings. The van der Waals surface area contributed by atoms with Gasteiger partial charge in [-0.25, -0.2) is 0 Å². The highest BCUT2D eigenvalue weighted by molar-refractivity contribution is 6.32. The van der Waals surface area contributed by atoms with Crippen molar-refractivity contribution in [3.8, 4) is 5.75 Å². The summed E-state index contributed by atoms with van der Waals surface area (Å²) in [5, 5.41) is 0.546. The number of carbonyl (C=O) groups is 1. The summed E-state index contributed by atoms with van der Waals surface area (Å²) in [5.41, 5.74) is 6.86. The third-order valence-corrected chi connectivity index (χ3v) is 3.49. The second kappa shape index (κ2) is 8.25. The van der Waals surface area contributed by atoms with Gasteiger partial charge < -0.3 is 15.2 Å². The minimum Gasteiger partial charge on any atom is -0.486 e. The monoisotopic (exact) mass is 313 g/mol. The van der Waals surface area contributed by atoms with E-state index in [4.69, 9.17) is 26.8 Å². The second-order valence-electron chi connectivity index (χ2n) is 5.45. The Labute approximate surface area is 131 Å². The van der Waals surface area contributed by atoms with Crippen LogP contribution < -0.4 is 10.5 Å². The van der Waals surface area contributed by atoms with Crippen LogP contribution in [0.5, 0.6) is 5.75 Å². The van der Waals surface area contributed by atoms with Crippen LogP contribution in [0.3, 0.4) is 0 Å². The molecule has 0 bridgehead atoms. The summed E-state index contributed by atoms with van der Waals surface area (Å²) in [4.78, 5) is 11.7. The van der Waals surface area contributed by atoms with Crippen LogP contribution in [-0.4, -0.2) is 24.7 Å². The Balaban J connectivity index is 2.54. The molecule has 0 aliphatic rings. The van der Waals surface area contributed by atoms with Gasteiger partial charge in [0.15, 0.2) is 0 Å². The second-order valence-corrected chi connectivity index (χ2v) is 5.85. The molecule has 2 N–H and O–H groups in total. The summed E-state index contributed by atoms with van der Waals surface area (Å²) in [6.07, 6.45) is 0.609. The van der Waals surface area contributed by atoms with Crippen LogP contribution in [0.15, 0.2) is 18.2 Å². The molecule has 0 saturated carbocycles. The fourth-order valence-corrected chi connectivity index (χ4v) is 1.84. The zero-order valence-electron chi connectivity index (χ0n) is 13.1. The van der Waals surface area contributed by atoms with E-state index in [1.165, 1.54) is 0 Å². The highest BCUT2D eigenvalue weighted by atomic mass is 35.5. The van der Waals surface area contributed by atoms with Crippen molar-refractivity contribution in [3.63, 3.8) is 0 Å². The van der Waals surface area contributed by atoms with Gasteiger partial charge in [-0.1, -0.05) is 38.4 Å². The topological polar surface area (TPSA) is 61.5 Å². The van der Waals surface area contributed by atoms with E-state index in [2.05, 4.69) is 6.92 Å². The number of hydrogen-bond donors (Lipinski definition) is 1. The Morgan fingerprint density at radius 3 is 2.57 bits per heavy atom. The number of rotatable bonds is 7. The first-order chi connectivity index (χ1) is 9.85. The van der Waals surface area contributed by atoms with Gasteiger partial charge in [0.05, 0.1) is 5.02 Å². The van der Waals surface area contributed by atoms with Crippen LogP contribution in [0.2, 0.25) is 5.02 Å². The van der Waals surface area contributed by atoms with Gasteiger partial charge in [0.25, 0.3) is 0 Å². The quantitative estimate of drug-likeness (QED) is 0.785. The molecule has 1 aromatic carbocycles. The lowest BCUT2D eigenvalue weighted by atomic mass is 10.1. The molecule has 0 unspecified atom stereocenters. The minimum atomic E-state index is -0.607. The van der Waals surface area contributed by atoms with Crippen molar-refractivity contribution in [3.05, 3.63) is 28.8 Å². The van der Waals surface area contributed by atoms with Crippen molar-refractivity contribution in [1.82, 2.24) is 0 Å². The molecule has 0 amide bonds. The molecule has 0 aliphatic heterocycles.